The fourth-order valence-electron chi connectivity index (χ4n) is 0.886. The molecule has 0 fully saturated rings. The molecule has 0 unspecified atom stereocenters. The highest BCUT2D eigenvalue weighted by atomic mass is 35.5. The number of hydrogen-bond donors (Lipinski definition) is 1. The van der Waals surface area contributed by atoms with Crippen molar-refractivity contribution >= 4 is 28.2 Å². The van der Waals surface area contributed by atoms with Crippen LogP contribution < -0.4 is 5.43 Å². The van der Waals surface area contributed by atoms with Crippen molar-refractivity contribution in [2.75, 3.05) is 5.43 Å². The molecule has 0 heterocycles. The van der Waals surface area contributed by atoms with Gasteiger partial charge in [-0.3, -0.25) is 10.2 Å². The Labute approximate surface area is 87.8 Å². The molecule has 3 nitrogen and oxygen atoms in total. The van der Waals surface area contributed by atoms with Crippen LogP contribution in [0.25, 0.3) is 0 Å². The molecular weight excluding hydrogens is 200 g/mol. The largest absolute Gasteiger partial charge is 0.292 e. The van der Waals surface area contributed by atoms with Crippen LogP contribution in [0.5, 0.6) is 0 Å². The van der Waals surface area contributed by atoms with Gasteiger partial charge in [-0.2, -0.15) is 5.10 Å². The minimum absolute atomic E-state index is 0.0479. The van der Waals surface area contributed by atoms with E-state index in [9.17, 15) is 4.79 Å². The molecule has 0 atom stereocenters. The molecule has 4 heteroatoms. The highest BCUT2D eigenvalue weighted by Crippen LogP contribution is 2.12. The number of aryl methyl sites for hydroxylation is 1. The molecule has 0 radical (unpaired) electrons. The quantitative estimate of drug-likeness (QED) is 0.615. The minimum atomic E-state index is -0.257. The van der Waals surface area contributed by atoms with Gasteiger partial charge in [-0.15, -0.1) is 0 Å². The number of ketones is 1. The van der Waals surface area contributed by atoms with Crippen LogP contribution in [0.3, 0.4) is 0 Å². The third-order valence-electron chi connectivity index (χ3n) is 1.71. The third kappa shape index (κ3) is 2.85. The van der Waals surface area contributed by atoms with Gasteiger partial charge in [0.05, 0.1) is 5.69 Å². The molecule has 0 aliphatic carbocycles. The van der Waals surface area contributed by atoms with E-state index in [1.165, 1.54) is 6.92 Å². The number of halogens is 1. The lowest BCUT2D eigenvalue weighted by molar-refractivity contribution is -0.110. The number of anilines is 1. The predicted molar refractivity (Wildman–Crippen MR) is 58.8 cm³/mol. The van der Waals surface area contributed by atoms with Crippen molar-refractivity contribution in [1.29, 1.82) is 0 Å². The van der Waals surface area contributed by atoms with Crippen molar-refractivity contribution in [3.63, 3.8) is 0 Å². The maximum atomic E-state index is 10.7. The summed E-state index contributed by atoms with van der Waals surface area (Å²) < 4.78 is 0. The number of nitrogens with zero attached hydrogens (tertiary/aromatic N) is 1. The summed E-state index contributed by atoms with van der Waals surface area (Å²) in [4.78, 5) is 10.7. The molecule has 1 rings (SSSR count). The van der Waals surface area contributed by atoms with Crippen LogP contribution in [-0.4, -0.2) is 11.0 Å². The number of carbonyl (C=O) groups excluding carboxylic acids is 1. The molecule has 0 bridgehead atoms. The Hall–Kier alpha value is -1.35. The van der Waals surface area contributed by atoms with Gasteiger partial charge in [-0.05, 0) is 18.6 Å². The number of hydrogen-bond acceptors (Lipinski definition) is 3. The first-order valence-corrected chi connectivity index (χ1v) is 4.55. The molecule has 1 aromatic rings. The van der Waals surface area contributed by atoms with Crippen molar-refractivity contribution in [2.24, 2.45) is 5.10 Å². The topological polar surface area (TPSA) is 41.5 Å². The van der Waals surface area contributed by atoms with Gasteiger partial charge >= 0.3 is 0 Å². The van der Waals surface area contributed by atoms with Crippen molar-refractivity contribution in [1.82, 2.24) is 0 Å². The molecular formula is C10H11ClN2O. The summed E-state index contributed by atoms with van der Waals surface area (Å²) in [7, 11) is 0. The minimum Gasteiger partial charge on any atom is -0.292 e. The monoisotopic (exact) mass is 210 g/mol. The van der Waals surface area contributed by atoms with Crippen LogP contribution in [0.15, 0.2) is 29.4 Å². The van der Waals surface area contributed by atoms with E-state index in [0.29, 0.717) is 0 Å². The summed E-state index contributed by atoms with van der Waals surface area (Å²) in [6.07, 6.45) is 0. The van der Waals surface area contributed by atoms with Crippen molar-refractivity contribution in [3.8, 4) is 0 Å². The third-order valence-corrected chi connectivity index (χ3v) is 2.06. The summed E-state index contributed by atoms with van der Waals surface area (Å²) in [6.45, 7) is 3.31. The Morgan fingerprint density at radius 2 is 2.07 bits per heavy atom. The van der Waals surface area contributed by atoms with Crippen molar-refractivity contribution in [3.05, 3.63) is 29.8 Å². The first kappa shape index (κ1) is 10.7. The number of nitrogens with one attached hydrogen (secondary N) is 1. The van der Waals surface area contributed by atoms with Crippen LogP contribution in [0.2, 0.25) is 0 Å². The maximum Gasteiger partial charge on any atom is 0.191 e. The second kappa shape index (κ2) is 4.77. The van der Waals surface area contributed by atoms with E-state index in [0.717, 1.165) is 11.3 Å². The SMILES string of the molecule is CC(=O)C(Cl)=NNc1ccccc1C. The average molecular weight is 211 g/mol. The van der Waals surface area contributed by atoms with Crippen LogP contribution >= 0.6 is 11.6 Å². The van der Waals surface area contributed by atoms with E-state index in [4.69, 9.17) is 11.6 Å². The number of Topliss-reactive ketones (excluding diaryl/α,β-unsaturated/α-hetero) is 1. The number of rotatable bonds is 3. The highest BCUT2D eigenvalue weighted by Gasteiger charge is 2.00. The zero-order chi connectivity index (χ0) is 10.6. The number of benzene rings is 1. The zero-order valence-electron chi connectivity index (χ0n) is 8.04. The summed E-state index contributed by atoms with van der Waals surface area (Å²) in [6, 6.07) is 7.62. The maximum absolute atomic E-state index is 10.7. The van der Waals surface area contributed by atoms with E-state index in [-0.39, 0.29) is 11.0 Å². The first-order valence-electron chi connectivity index (χ1n) is 4.17. The number of carbonyl (C=O) groups is 1. The highest BCUT2D eigenvalue weighted by molar-refractivity contribution is 6.82. The summed E-state index contributed by atoms with van der Waals surface area (Å²) >= 11 is 5.56. The smallest absolute Gasteiger partial charge is 0.191 e. The fraction of sp³-hybridized carbons (Fsp3) is 0.200. The molecule has 0 saturated heterocycles. The summed E-state index contributed by atoms with van der Waals surface area (Å²) in [5.41, 5.74) is 4.61. The standard InChI is InChI=1S/C10H11ClN2O/c1-7-5-3-4-6-9(7)12-13-10(11)8(2)14/h3-6,12H,1-2H3. The van der Waals surface area contributed by atoms with Gasteiger partial charge in [0.2, 0.25) is 0 Å². The molecule has 0 saturated carbocycles. The van der Waals surface area contributed by atoms with Gasteiger partial charge in [0.15, 0.2) is 11.0 Å². The van der Waals surface area contributed by atoms with Gasteiger partial charge in [0.1, 0.15) is 0 Å². The molecule has 0 spiro atoms. The van der Waals surface area contributed by atoms with Crippen LogP contribution in [-0.2, 0) is 4.79 Å². The fourth-order valence-corrected chi connectivity index (χ4v) is 0.929. The van der Waals surface area contributed by atoms with E-state index < -0.39 is 0 Å². The second-order valence-electron chi connectivity index (χ2n) is 2.89. The number of hydrazone groups is 1. The molecule has 0 aromatic heterocycles. The Balaban J connectivity index is 2.76. The molecule has 74 valence electrons. The Kier molecular flexibility index (Phi) is 3.65. The van der Waals surface area contributed by atoms with E-state index in [2.05, 4.69) is 10.5 Å². The number of para-hydroxylation sites is 1. The molecule has 14 heavy (non-hydrogen) atoms. The van der Waals surface area contributed by atoms with Crippen LogP contribution in [0.4, 0.5) is 5.69 Å². The van der Waals surface area contributed by atoms with E-state index in [1.54, 1.807) is 0 Å². The van der Waals surface area contributed by atoms with Gasteiger partial charge in [-0.1, -0.05) is 29.8 Å². The molecule has 1 aromatic carbocycles. The Morgan fingerprint density at radius 3 is 2.64 bits per heavy atom. The lowest BCUT2D eigenvalue weighted by Crippen LogP contribution is -2.04. The normalized spacial score (nSPS) is 11.2. The zero-order valence-corrected chi connectivity index (χ0v) is 8.80. The summed E-state index contributed by atoms with van der Waals surface area (Å²) in [5, 5.41) is 3.69. The lowest BCUT2D eigenvalue weighted by Gasteiger charge is -2.03. The van der Waals surface area contributed by atoms with Gasteiger partial charge < -0.3 is 0 Å². The van der Waals surface area contributed by atoms with E-state index >= 15 is 0 Å². The Bertz CT molecular complexity index is 374. The van der Waals surface area contributed by atoms with Crippen molar-refractivity contribution < 1.29 is 4.79 Å². The second-order valence-corrected chi connectivity index (χ2v) is 3.24. The molecule has 1 N–H and O–H groups in total. The van der Waals surface area contributed by atoms with Crippen molar-refractivity contribution in [2.45, 2.75) is 13.8 Å². The van der Waals surface area contributed by atoms with Gasteiger partial charge in [0.25, 0.3) is 0 Å². The predicted octanol–water partition coefficient (Wildman–Crippen LogP) is 2.55. The first-order chi connectivity index (χ1) is 6.61. The Morgan fingerprint density at radius 1 is 1.43 bits per heavy atom. The lowest BCUT2D eigenvalue weighted by atomic mass is 10.2. The molecule has 0 amide bonds. The molecule has 0 aliphatic rings. The van der Waals surface area contributed by atoms with Crippen LogP contribution in [0, 0.1) is 6.92 Å². The summed E-state index contributed by atoms with van der Waals surface area (Å²) in [5.74, 6) is -0.257. The van der Waals surface area contributed by atoms with E-state index in [1.807, 2.05) is 31.2 Å². The van der Waals surface area contributed by atoms with Gasteiger partial charge in [0, 0.05) is 6.92 Å². The van der Waals surface area contributed by atoms with Gasteiger partial charge in [-0.25, -0.2) is 0 Å². The molecule has 0 aliphatic heterocycles. The van der Waals surface area contributed by atoms with Crippen LogP contribution in [0.1, 0.15) is 12.5 Å². The average Bonchev–Trinajstić information content (AvgIpc) is 2.16.